The van der Waals surface area contributed by atoms with Gasteiger partial charge in [0, 0.05) is 17.3 Å². The van der Waals surface area contributed by atoms with Gasteiger partial charge in [-0.1, -0.05) is 29.8 Å². The number of methoxy groups -OCH3 is 1. The highest BCUT2D eigenvalue weighted by molar-refractivity contribution is 6.31. The zero-order valence-corrected chi connectivity index (χ0v) is 15.4. The number of anilines is 3. The minimum Gasteiger partial charge on any atom is -0.497 e. The van der Waals surface area contributed by atoms with Crippen LogP contribution >= 0.6 is 11.6 Å². The fourth-order valence-corrected chi connectivity index (χ4v) is 2.55. The van der Waals surface area contributed by atoms with Crippen LogP contribution in [0.3, 0.4) is 0 Å². The number of aryl methyl sites for hydroxylation is 1. The highest BCUT2D eigenvalue weighted by atomic mass is 35.5. The minimum atomic E-state index is 0.416. The van der Waals surface area contributed by atoms with E-state index in [-0.39, 0.29) is 0 Å². The number of hydrogen-bond acceptors (Lipinski definition) is 6. The summed E-state index contributed by atoms with van der Waals surface area (Å²) in [4.78, 5) is 4.42. The molecule has 0 unspecified atom stereocenters. The molecule has 7 heteroatoms. The molecule has 0 saturated carbocycles. The van der Waals surface area contributed by atoms with E-state index in [4.69, 9.17) is 16.3 Å². The number of aromatic nitrogens is 3. The van der Waals surface area contributed by atoms with E-state index in [1.54, 1.807) is 13.3 Å². The molecule has 134 valence electrons. The Kier molecular flexibility index (Phi) is 5.86. The van der Waals surface area contributed by atoms with Crippen LogP contribution in [-0.4, -0.2) is 28.8 Å². The first kappa shape index (κ1) is 17.9. The highest BCUT2D eigenvalue weighted by Gasteiger charge is 2.03. The third-order valence-corrected chi connectivity index (χ3v) is 4.27. The Morgan fingerprint density at radius 2 is 1.92 bits per heavy atom. The van der Waals surface area contributed by atoms with Crippen LogP contribution in [0.2, 0.25) is 5.02 Å². The van der Waals surface area contributed by atoms with Crippen LogP contribution in [0.1, 0.15) is 11.1 Å². The molecule has 0 saturated heterocycles. The maximum Gasteiger partial charge on any atom is 0.249 e. The molecule has 0 aliphatic carbocycles. The lowest BCUT2D eigenvalue weighted by Gasteiger charge is -2.09. The Labute approximate surface area is 157 Å². The van der Waals surface area contributed by atoms with Crippen LogP contribution in [0.15, 0.2) is 48.7 Å². The zero-order valence-electron chi connectivity index (χ0n) is 14.7. The first-order valence-electron chi connectivity index (χ1n) is 8.24. The average molecular weight is 370 g/mol. The first-order valence-corrected chi connectivity index (χ1v) is 8.61. The van der Waals surface area contributed by atoms with Crippen molar-refractivity contribution in [1.82, 2.24) is 15.2 Å². The molecule has 1 heterocycles. The molecule has 0 fully saturated rings. The van der Waals surface area contributed by atoms with E-state index in [9.17, 15) is 0 Å². The zero-order chi connectivity index (χ0) is 18.4. The molecule has 3 aromatic rings. The Bertz CT molecular complexity index is 870. The van der Waals surface area contributed by atoms with Gasteiger partial charge in [0.2, 0.25) is 5.95 Å². The number of ether oxygens (including phenoxy) is 1. The molecule has 0 atom stereocenters. The number of halogens is 1. The summed E-state index contributed by atoms with van der Waals surface area (Å²) in [7, 11) is 1.66. The minimum absolute atomic E-state index is 0.416. The van der Waals surface area contributed by atoms with Crippen LogP contribution in [0.5, 0.6) is 5.75 Å². The molecule has 0 bridgehead atoms. The predicted octanol–water partition coefficient (Wildman–Crippen LogP) is 4.24. The molecule has 26 heavy (non-hydrogen) atoms. The van der Waals surface area contributed by atoms with Crippen molar-refractivity contribution in [2.45, 2.75) is 13.3 Å². The van der Waals surface area contributed by atoms with Crippen molar-refractivity contribution in [2.24, 2.45) is 0 Å². The largest absolute Gasteiger partial charge is 0.497 e. The molecule has 0 radical (unpaired) electrons. The van der Waals surface area contributed by atoms with Gasteiger partial charge in [-0.2, -0.15) is 10.1 Å². The van der Waals surface area contributed by atoms with Crippen LogP contribution in [0.25, 0.3) is 0 Å². The number of nitrogens with zero attached hydrogens (tertiary/aromatic N) is 3. The maximum absolute atomic E-state index is 6.14. The van der Waals surface area contributed by atoms with Crippen molar-refractivity contribution in [1.29, 1.82) is 0 Å². The van der Waals surface area contributed by atoms with Gasteiger partial charge in [0.25, 0.3) is 0 Å². The lowest BCUT2D eigenvalue weighted by molar-refractivity contribution is 0.414. The number of nitrogens with one attached hydrogen (secondary N) is 2. The Hall–Kier alpha value is -2.86. The summed E-state index contributed by atoms with van der Waals surface area (Å²) in [5, 5.41) is 15.0. The van der Waals surface area contributed by atoms with Gasteiger partial charge < -0.3 is 15.4 Å². The van der Waals surface area contributed by atoms with E-state index in [1.807, 2.05) is 49.4 Å². The molecular formula is C19H20ClN5O. The lowest BCUT2D eigenvalue weighted by atomic mass is 10.1. The molecule has 0 aliphatic heterocycles. The van der Waals surface area contributed by atoms with Crippen molar-refractivity contribution >= 4 is 29.1 Å². The summed E-state index contributed by atoms with van der Waals surface area (Å²) in [6, 6.07) is 13.7. The third-order valence-electron chi connectivity index (χ3n) is 3.87. The maximum atomic E-state index is 6.14. The Morgan fingerprint density at radius 3 is 2.65 bits per heavy atom. The lowest BCUT2D eigenvalue weighted by Crippen LogP contribution is -2.08. The van der Waals surface area contributed by atoms with Crippen molar-refractivity contribution in [3.05, 3.63) is 64.8 Å². The molecule has 6 nitrogen and oxygen atoms in total. The first-order chi connectivity index (χ1) is 12.6. The Morgan fingerprint density at radius 1 is 1.12 bits per heavy atom. The standard InChI is InChI=1S/C19H20ClN5O/c1-13-3-6-15(11-17(13)20)23-19-24-18(12-22-25-19)21-10-9-14-4-7-16(26-2)8-5-14/h3-8,11-12H,9-10H2,1-2H3,(H2,21,23,24,25). The summed E-state index contributed by atoms with van der Waals surface area (Å²) < 4.78 is 5.16. The summed E-state index contributed by atoms with van der Waals surface area (Å²) in [6.45, 7) is 2.69. The van der Waals surface area contributed by atoms with E-state index in [1.165, 1.54) is 5.56 Å². The van der Waals surface area contributed by atoms with Gasteiger partial charge in [0.05, 0.1) is 13.3 Å². The molecular weight excluding hydrogens is 350 g/mol. The second-order valence-electron chi connectivity index (χ2n) is 5.78. The smallest absolute Gasteiger partial charge is 0.249 e. The average Bonchev–Trinajstić information content (AvgIpc) is 2.66. The number of hydrogen-bond donors (Lipinski definition) is 2. The topological polar surface area (TPSA) is 72.0 Å². The van der Waals surface area contributed by atoms with Crippen molar-refractivity contribution in [2.75, 3.05) is 24.3 Å². The monoisotopic (exact) mass is 369 g/mol. The molecule has 0 amide bonds. The van der Waals surface area contributed by atoms with E-state index in [0.29, 0.717) is 16.8 Å². The third kappa shape index (κ3) is 4.83. The van der Waals surface area contributed by atoms with Gasteiger partial charge in [0.1, 0.15) is 5.75 Å². The summed E-state index contributed by atoms with van der Waals surface area (Å²) in [5.74, 6) is 1.93. The van der Waals surface area contributed by atoms with Crippen LogP contribution < -0.4 is 15.4 Å². The SMILES string of the molecule is COc1ccc(CCNc2cnnc(Nc3ccc(C)c(Cl)c3)n2)cc1. The Balaban J connectivity index is 1.57. The molecule has 3 rings (SSSR count). The summed E-state index contributed by atoms with van der Waals surface area (Å²) in [6.07, 6.45) is 2.46. The highest BCUT2D eigenvalue weighted by Crippen LogP contribution is 2.22. The van der Waals surface area contributed by atoms with Gasteiger partial charge >= 0.3 is 0 Å². The van der Waals surface area contributed by atoms with E-state index in [0.717, 1.165) is 30.0 Å². The van der Waals surface area contributed by atoms with Gasteiger partial charge in [-0.25, -0.2) is 0 Å². The normalized spacial score (nSPS) is 10.4. The van der Waals surface area contributed by atoms with Crippen molar-refractivity contribution < 1.29 is 4.74 Å². The number of rotatable bonds is 7. The van der Waals surface area contributed by atoms with Crippen molar-refractivity contribution in [3.63, 3.8) is 0 Å². The summed E-state index contributed by atoms with van der Waals surface area (Å²) in [5.41, 5.74) is 3.05. The van der Waals surface area contributed by atoms with E-state index >= 15 is 0 Å². The predicted molar refractivity (Wildman–Crippen MR) is 104 cm³/mol. The summed E-state index contributed by atoms with van der Waals surface area (Å²) >= 11 is 6.14. The quantitative estimate of drug-likeness (QED) is 0.649. The van der Waals surface area contributed by atoms with Gasteiger partial charge in [0.15, 0.2) is 5.82 Å². The van der Waals surface area contributed by atoms with Crippen LogP contribution in [-0.2, 0) is 6.42 Å². The van der Waals surface area contributed by atoms with E-state index < -0.39 is 0 Å². The second-order valence-corrected chi connectivity index (χ2v) is 6.19. The van der Waals surface area contributed by atoms with Crippen LogP contribution in [0.4, 0.5) is 17.5 Å². The molecule has 2 N–H and O–H groups in total. The molecule has 0 spiro atoms. The fraction of sp³-hybridized carbons (Fsp3) is 0.211. The van der Waals surface area contributed by atoms with Gasteiger partial charge in [-0.05, 0) is 48.7 Å². The van der Waals surface area contributed by atoms with Crippen LogP contribution in [0, 0.1) is 6.92 Å². The molecule has 0 aliphatic rings. The molecule has 1 aromatic heterocycles. The van der Waals surface area contributed by atoms with E-state index in [2.05, 4.69) is 25.8 Å². The molecule has 2 aromatic carbocycles. The number of benzene rings is 2. The fourth-order valence-electron chi connectivity index (χ4n) is 2.37. The second kappa shape index (κ2) is 8.49. The van der Waals surface area contributed by atoms with Gasteiger partial charge in [-0.3, -0.25) is 0 Å². The van der Waals surface area contributed by atoms with Gasteiger partial charge in [-0.15, -0.1) is 5.10 Å². The van der Waals surface area contributed by atoms with Crippen molar-refractivity contribution in [3.8, 4) is 5.75 Å².